The fourth-order valence-corrected chi connectivity index (χ4v) is 1.32. The molecule has 0 rings (SSSR count). The molecule has 1 amide bonds. The van der Waals surface area contributed by atoms with Gasteiger partial charge in [-0.1, -0.05) is 6.92 Å². The van der Waals surface area contributed by atoms with E-state index in [1.807, 2.05) is 13.8 Å². The van der Waals surface area contributed by atoms with Crippen LogP contribution in [0.3, 0.4) is 0 Å². The summed E-state index contributed by atoms with van der Waals surface area (Å²) < 4.78 is 0. The van der Waals surface area contributed by atoms with Crippen LogP contribution < -0.4 is 11.1 Å². The lowest BCUT2D eigenvalue weighted by atomic mass is 10.1. The van der Waals surface area contributed by atoms with Gasteiger partial charge >= 0.3 is 0 Å². The van der Waals surface area contributed by atoms with Gasteiger partial charge in [0, 0.05) is 24.9 Å². The monoisotopic (exact) mass is 210 g/mol. The fraction of sp³-hybridized carbons (Fsp3) is 0.750. The predicted molar refractivity (Wildman–Crippen MR) is 63.2 cm³/mol. The zero-order valence-corrected chi connectivity index (χ0v) is 9.75. The SMILES string of the molecule is C#CCC(CC)NC(=O)CCCC(C)N. The first-order chi connectivity index (χ1) is 7.10. The van der Waals surface area contributed by atoms with Crippen molar-refractivity contribution in [3.05, 3.63) is 0 Å². The molecule has 0 fully saturated rings. The van der Waals surface area contributed by atoms with Crippen LogP contribution >= 0.6 is 0 Å². The fourth-order valence-electron chi connectivity index (χ4n) is 1.32. The number of carbonyl (C=O) groups is 1. The molecular formula is C12H22N2O. The lowest BCUT2D eigenvalue weighted by Crippen LogP contribution is -2.34. The van der Waals surface area contributed by atoms with Gasteiger partial charge in [0.1, 0.15) is 0 Å². The van der Waals surface area contributed by atoms with Crippen molar-refractivity contribution in [3.8, 4) is 12.3 Å². The molecule has 3 heteroatoms. The molecule has 0 aromatic carbocycles. The van der Waals surface area contributed by atoms with E-state index < -0.39 is 0 Å². The summed E-state index contributed by atoms with van der Waals surface area (Å²) in [4.78, 5) is 11.4. The molecule has 3 nitrogen and oxygen atoms in total. The highest BCUT2D eigenvalue weighted by Gasteiger charge is 2.08. The molecule has 15 heavy (non-hydrogen) atoms. The van der Waals surface area contributed by atoms with E-state index in [2.05, 4.69) is 11.2 Å². The van der Waals surface area contributed by atoms with E-state index in [0.29, 0.717) is 12.8 Å². The van der Waals surface area contributed by atoms with Crippen LogP contribution in [-0.2, 0) is 4.79 Å². The molecule has 0 bridgehead atoms. The molecule has 3 N–H and O–H groups in total. The maximum absolute atomic E-state index is 11.4. The number of rotatable bonds is 7. The van der Waals surface area contributed by atoms with Crippen molar-refractivity contribution in [3.63, 3.8) is 0 Å². The van der Waals surface area contributed by atoms with Crippen molar-refractivity contribution >= 4 is 5.91 Å². The topological polar surface area (TPSA) is 55.1 Å². The maximum atomic E-state index is 11.4. The third kappa shape index (κ3) is 8.02. The highest BCUT2D eigenvalue weighted by Crippen LogP contribution is 2.01. The largest absolute Gasteiger partial charge is 0.352 e. The summed E-state index contributed by atoms with van der Waals surface area (Å²) in [5.74, 6) is 2.64. The Labute approximate surface area is 92.8 Å². The van der Waals surface area contributed by atoms with Gasteiger partial charge in [0.15, 0.2) is 0 Å². The van der Waals surface area contributed by atoms with E-state index in [4.69, 9.17) is 12.2 Å². The van der Waals surface area contributed by atoms with E-state index >= 15 is 0 Å². The molecule has 0 aromatic rings. The van der Waals surface area contributed by atoms with Crippen LogP contribution in [0.2, 0.25) is 0 Å². The van der Waals surface area contributed by atoms with E-state index in [0.717, 1.165) is 19.3 Å². The molecule has 0 spiro atoms. The minimum absolute atomic E-state index is 0.0813. The second-order valence-electron chi connectivity index (χ2n) is 3.95. The van der Waals surface area contributed by atoms with Gasteiger partial charge in [-0.15, -0.1) is 12.3 Å². The van der Waals surface area contributed by atoms with Gasteiger partial charge in [-0.25, -0.2) is 0 Å². The first kappa shape index (κ1) is 14.0. The summed E-state index contributed by atoms with van der Waals surface area (Å²) in [7, 11) is 0. The van der Waals surface area contributed by atoms with Crippen LogP contribution in [0, 0.1) is 12.3 Å². The van der Waals surface area contributed by atoms with Crippen LogP contribution in [0.4, 0.5) is 0 Å². The van der Waals surface area contributed by atoms with Crippen LogP contribution in [0.5, 0.6) is 0 Å². The summed E-state index contributed by atoms with van der Waals surface area (Å²) in [6.45, 7) is 3.97. The molecule has 0 aliphatic rings. The Hall–Kier alpha value is -1.01. The lowest BCUT2D eigenvalue weighted by Gasteiger charge is -2.14. The zero-order valence-electron chi connectivity index (χ0n) is 9.75. The quantitative estimate of drug-likeness (QED) is 0.624. The van der Waals surface area contributed by atoms with E-state index in [1.165, 1.54) is 0 Å². The summed E-state index contributed by atoms with van der Waals surface area (Å²) in [5.41, 5.74) is 5.60. The molecular weight excluding hydrogens is 188 g/mol. The van der Waals surface area contributed by atoms with Gasteiger partial charge in [0.05, 0.1) is 0 Å². The summed E-state index contributed by atoms with van der Waals surface area (Å²) >= 11 is 0. The van der Waals surface area contributed by atoms with Gasteiger partial charge in [0.2, 0.25) is 5.91 Å². The standard InChI is InChI=1S/C12H22N2O/c1-4-7-11(5-2)14-12(15)9-6-8-10(3)13/h1,10-11H,5-9,13H2,2-3H3,(H,14,15). The number of nitrogens with one attached hydrogen (secondary N) is 1. The van der Waals surface area contributed by atoms with Gasteiger partial charge in [-0.2, -0.15) is 0 Å². The van der Waals surface area contributed by atoms with Crippen molar-refractivity contribution < 1.29 is 4.79 Å². The molecule has 0 aromatic heterocycles. The number of hydrogen-bond acceptors (Lipinski definition) is 2. The normalized spacial score (nSPS) is 14.0. The molecule has 0 radical (unpaired) electrons. The minimum Gasteiger partial charge on any atom is -0.352 e. The average molecular weight is 210 g/mol. The Kier molecular flexibility index (Phi) is 7.75. The summed E-state index contributed by atoms with van der Waals surface area (Å²) in [5, 5.41) is 2.92. The molecule has 0 aliphatic heterocycles. The van der Waals surface area contributed by atoms with Crippen molar-refractivity contribution in [2.45, 2.75) is 58.0 Å². The van der Waals surface area contributed by atoms with Gasteiger partial charge < -0.3 is 11.1 Å². The number of amides is 1. The predicted octanol–water partition coefficient (Wildman–Crippen LogP) is 1.42. The molecule has 2 atom stereocenters. The van der Waals surface area contributed by atoms with E-state index in [9.17, 15) is 4.79 Å². The van der Waals surface area contributed by atoms with Crippen molar-refractivity contribution in [2.24, 2.45) is 5.73 Å². The number of hydrogen-bond donors (Lipinski definition) is 2. The molecule has 86 valence electrons. The van der Waals surface area contributed by atoms with Gasteiger partial charge in [-0.05, 0) is 26.2 Å². The van der Waals surface area contributed by atoms with E-state index in [1.54, 1.807) is 0 Å². The first-order valence-electron chi connectivity index (χ1n) is 5.58. The zero-order chi connectivity index (χ0) is 11.7. The Morgan fingerprint density at radius 3 is 2.73 bits per heavy atom. The highest BCUT2D eigenvalue weighted by atomic mass is 16.1. The Morgan fingerprint density at radius 2 is 2.27 bits per heavy atom. The lowest BCUT2D eigenvalue weighted by molar-refractivity contribution is -0.121. The second kappa shape index (κ2) is 8.31. The molecule has 2 unspecified atom stereocenters. The maximum Gasteiger partial charge on any atom is 0.220 e. The first-order valence-corrected chi connectivity index (χ1v) is 5.58. The molecule has 0 heterocycles. The Morgan fingerprint density at radius 1 is 1.60 bits per heavy atom. The van der Waals surface area contributed by atoms with Crippen LogP contribution in [-0.4, -0.2) is 18.0 Å². The Bertz CT molecular complexity index is 218. The number of terminal acetylenes is 1. The van der Waals surface area contributed by atoms with Crippen LogP contribution in [0.25, 0.3) is 0 Å². The average Bonchev–Trinajstić information content (AvgIpc) is 2.16. The summed E-state index contributed by atoms with van der Waals surface area (Å²) in [6.07, 6.45) is 8.96. The van der Waals surface area contributed by atoms with Crippen LogP contribution in [0.1, 0.15) is 46.0 Å². The Balaban J connectivity index is 3.67. The van der Waals surface area contributed by atoms with Gasteiger partial charge in [0.25, 0.3) is 0 Å². The smallest absolute Gasteiger partial charge is 0.220 e. The molecule has 0 aliphatic carbocycles. The molecule has 0 saturated carbocycles. The van der Waals surface area contributed by atoms with Crippen molar-refractivity contribution in [1.82, 2.24) is 5.32 Å². The number of nitrogens with two attached hydrogens (primary N) is 1. The molecule has 0 saturated heterocycles. The van der Waals surface area contributed by atoms with Gasteiger partial charge in [-0.3, -0.25) is 4.79 Å². The van der Waals surface area contributed by atoms with E-state index in [-0.39, 0.29) is 18.0 Å². The van der Waals surface area contributed by atoms with Crippen molar-refractivity contribution in [2.75, 3.05) is 0 Å². The second-order valence-corrected chi connectivity index (χ2v) is 3.95. The van der Waals surface area contributed by atoms with Crippen LogP contribution in [0.15, 0.2) is 0 Å². The summed E-state index contributed by atoms with van der Waals surface area (Å²) in [6, 6.07) is 0.295. The minimum atomic E-state index is 0.0813. The highest BCUT2D eigenvalue weighted by molar-refractivity contribution is 5.76. The van der Waals surface area contributed by atoms with Crippen molar-refractivity contribution in [1.29, 1.82) is 0 Å². The third-order valence-corrected chi connectivity index (χ3v) is 2.29. The number of carbonyl (C=O) groups excluding carboxylic acids is 1. The third-order valence-electron chi connectivity index (χ3n) is 2.29.